The topological polar surface area (TPSA) is 78.5 Å². The number of aryl methyl sites for hydroxylation is 1. The highest BCUT2D eigenvalue weighted by molar-refractivity contribution is 7.23. The summed E-state index contributed by atoms with van der Waals surface area (Å²) in [5.41, 5.74) is 2.62. The first-order valence-electron chi connectivity index (χ1n) is 10.2. The number of esters is 1. The van der Waals surface area contributed by atoms with Crippen LogP contribution in [0, 0.1) is 12.7 Å². The van der Waals surface area contributed by atoms with Gasteiger partial charge >= 0.3 is 5.97 Å². The van der Waals surface area contributed by atoms with Crippen LogP contribution in [0.3, 0.4) is 0 Å². The van der Waals surface area contributed by atoms with Crippen LogP contribution in [0.4, 0.5) is 4.39 Å². The Kier molecular flexibility index (Phi) is 5.72. The molecule has 0 saturated carbocycles. The van der Waals surface area contributed by atoms with E-state index in [-0.39, 0.29) is 23.1 Å². The molecule has 0 radical (unpaired) electrons. The summed E-state index contributed by atoms with van der Waals surface area (Å²) >= 11 is 7.81. The van der Waals surface area contributed by atoms with E-state index in [0.29, 0.717) is 27.6 Å². The van der Waals surface area contributed by atoms with Crippen molar-refractivity contribution in [3.05, 3.63) is 98.9 Å². The van der Waals surface area contributed by atoms with E-state index < -0.39 is 5.97 Å². The van der Waals surface area contributed by atoms with E-state index in [2.05, 4.69) is 10.1 Å². The number of carbonyl (C=O) groups is 1. The van der Waals surface area contributed by atoms with Gasteiger partial charge in [-0.15, -0.1) is 0 Å². The fraction of sp³-hybridized carbons (Fsp3) is 0.0833. The summed E-state index contributed by atoms with van der Waals surface area (Å²) in [5.74, 6) is -0.987. The number of aromatic nitrogens is 4. The first-order valence-corrected chi connectivity index (χ1v) is 11.4. The molecule has 0 amide bonds. The largest absolute Gasteiger partial charge is 0.456 e. The van der Waals surface area contributed by atoms with E-state index in [4.69, 9.17) is 16.3 Å². The number of hydrogen-bond acceptors (Lipinski definition) is 6. The van der Waals surface area contributed by atoms with Gasteiger partial charge in [0.05, 0.1) is 27.3 Å². The van der Waals surface area contributed by atoms with E-state index in [9.17, 15) is 14.0 Å². The molecule has 5 rings (SSSR count). The highest BCUT2D eigenvalue weighted by atomic mass is 35.5. The summed E-state index contributed by atoms with van der Waals surface area (Å²) in [7, 11) is 0. The minimum absolute atomic E-state index is 0.148. The monoisotopic (exact) mass is 494 g/mol. The number of ether oxygens (including phenoxy) is 1. The van der Waals surface area contributed by atoms with E-state index in [0.717, 1.165) is 10.2 Å². The molecule has 0 bridgehead atoms. The molecule has 0 spiro atoms. The zero-order valence-electron chi connectivity index (χ0n) is 17.7. The molecular weight excluding hydrogens is 479 g/mol. The first kappa shape index (κ1) is 22.0. The highest BCUT2D eigenvalue weighted by Crippen LogP contribution is 2.25. The summed E-state index contributed by atoms with van der Waals surface area (Å²) in [6.45, 7) is 1.60. The zero-order valence-corrected chi connectivity index (χ0v) is 19.3. The van der Waals surface area contributed by atoms with E-state index >= 15 is 0 Å². The Labute approximate surface area is 201 Å². The third-order valence-electron chi connectivity index (χ3n) is 5.12. The second kappa shape index (κ2) is 8.85. The number of rotatable bonds is 5. The van der Waals surface area contributed by atoms with Gasteiger partial charge in [-0.25, -0.2) is 18.9 Å². The van der Waals surface area contributed by atoms with E-state index in [1.165, 1.54) is 50.8 Å². The molecule has 34 heavy (non-hydrogen) atoms. The SMILES string of the molecule is Cc1nn(-c2ccc(F)cc2)c(Cl)c1/C=C/C(=O)OCc1cc(=O)n2c(n1)sc1ccccc12. The van der Waals surface area contributed by atoms with Crippen LogP contribution in [0.25, 0.3) is 26.9 Å². The molecule has 0 N–H and O–H groups in total. The van der Waals surface area contributed by atoms with Crippen molar-refractivity contribution in [2.24, 2.45) is 0 Å². The second-order valence-electron chi connectivity index (χ2n) is 7.39. The molecule has 0 fully saturated rings. The molecule has 7 nitrogen and oxygen atoms in total. The second-order valence-corrected chi connectivity index (χ2v) is 8.76. The normalized spacial score (nSPS) is 11.6. The van der Waals surface area contributed by atoms with Gasteiger partial charge in [0.1, 0.15) is 17.6 Å². The van der Waals surface area contributed by atoms with Crippen molar-refractivity contribution >= 4 is 50.2 Å². The Morgan fingerprint density at radius 1 is 1.21 bits per heavy atom. The molecule has 0 unspecified atom stereocenters. The van der Waals surface area contributed by atoms with E-state index in [1.807, 2.05) is 24.3 Å². The van der Waals surface area contributed by atoms with Crippen molar-refractivity contribution in [2.75, 3.05) is 0 Å². The Morgan fingerprint density at radius 2 is 1.97 bits per heavy atom. The van der Waals surface area contributed by atoms with E-state index in [1.54, 1.807) is 19.1 Å². The molecule has 0 aliphatic heterocycles. The Bertz CT molecular complexity index is 1640. The third kappa shape index (κ3) is 4.11. The van der Waals surface area contributed by atoms with Crippen molar-refractivity contribution in [3.8, 4) is 5.69 Å². The minimum Gasteiger partial charge on any atom is -0.456 e. The van der Waals surface area contributed by atoms with Gasteiger partial charge in [0.2, 0.25) is 0 Å². The van der Waals surface area contributed by atoms with Gasteiger partial charge in [0, 0.05) is 17.7 Å². The number of benzene rings is 2. The van der Waals surface area contributed by atoms with Crippen molar-refractivity contribution in [1.82, 2.24) is 19.2 Å². The van der Waals surface area contributed by atoms with Crippen molar-refractivity contribution < 1.29 is 13.9 Å². The van der Waals surface area contributed by atoms with Crippen molar-refractivity contribution in [3.63, 3.8) is 0 Å². The number of thiazole rings is 1. The van der Waals surface area contributed by atoms with Crippen LogP contribution in [0.1, 0.15) is 17.0 Å². The van der Waals surface area contributed by atoms with Gasteiger partial charge in [-0.1, -0.05) is 35.1 Å². The molecule has 3 aromatic heterocycles. The van der Waals surface area contributed by atoms with Crippen LogP contribution in [0.5, 0.6) is 0 Å². The summed E-state index contributed by atoms with van der Waals surface area (Å²) in [4.78, 5) is 29.8. The molecule has 5 aromatic rings. The molecule has 170 valence electrons. The van der Waals surface area contributed by atoms with Gasteiger partial charge in [-0.2, -0.15) is 5.10 Å². The third-order valence-corrected chi connectivity index (χ3v) is 6.50. The van der Waals surface area contributed by atoms with Crippen LogP contribution in [0.15, 0.2) is 65.5 Å². The smallest absolute Gasteiger partial charge is 0.331 e. The lowest BCUT2D eigenvalue weighted by atomic mass is 10.2. The maximum absolute atomic E-state index is 13.2. The lowest BCUT2D eigenvalue weighted by Gasteiger charge is -2.03. The predicted molar refractivity (Wildman–Crippen MR) is 129 cm³/mol. The molecule has 0 aliphatic rings. The van der Waals surface area contributed by atoms with Gasteiger partial charge < -0.3 is 4.74 Å². The lowest BCUT2D eigenvalue weighted by molar-refractivity contribution is -0.139. The lowest BCUT2D eigenvalue weighted by Crippen LogP contribution is -2.15. The fourth-order valence-electron chi connectivity index (χ4n) is 3.50. The number of nitrogens with zero attached hydrogens (tertiary/aromatic N) is 4. The van der Waals surface area contributed by atoms with Crippen LogP contribution in [-0.2, 0) is 16.1 Å². The predicted octanol–water partition coefficient (Wildman–Crippen LogP) is 4.95. The summed E-state index contributed by atoms with van der Waals surface area (Å²) in [6.07, 6.45) is 2.74. The summed E-state index contributed by atoms with van der Waals surface area (Å²) in [6, 6.07) is 14.6. The zero-order chi connectivity index (χ0) is 23.8. The van der Waals surface area contributed by atoms with Gasteiger partial charge in [-0.3, -0.25) is 9.20 Å². The summed E-state index contributed by atoms with van der Waals surface area (Å²) < 4.78 is 22.4. The van der Waals surface area contributed by atoms with Gasteiger partial charge in [-0.05, 0) is 49.4 Å². The van der Waals surface area contributed by atoms with Crippen LogP contribution in [0.2, 0.25) is 5.15 Å². The van der Waals surface area contributed by atoms with Crippen LogP contribution < -0.4 is 5.56 Å². The summed E-state index contributed by atoms with van der Waals surface area (Å²) in [5, 5.41) is 4.63. The molecular formula is C24H16ClFN4O3S. The number of halogens is 2. The van der Waals surface area contributed by atoms with Gasteiger partial charge in [0.15, 0.2) is 4.96 Å². The Morgan fingerprint density at radius 3 is 2.76 bits per heavy atom. The molecule has 0 aliphatic carbocycles. The Hall–Kier alpha value is -3.82. The van der Waals surface area contributed by atoms with Crippen LogP contribution in [-0.4, -0.2) is 25.1 Å². The number of hydrogen-bond donors (Lipinski definition) is 0. The van der Waals surface area contributed by atoms with Crippen LogP contribution >= 0.6 is 22.9 Å². The highest BCUT2D eigenvalue weighted by Gasteiger charge is 2.14. The average molecular weight is 495 g/mol. The molecule has 0 atom stereocenters. The first-order chi connectivity index (χ1) is 16.4. The Balaban J connectivity index is 1.32. The average Bonchev–Trinajstić information content (AvgIpc) is 3.33. The fourth-order valence-corrected chi connectivity index (χ4v) is 4.88. The molecule has 3 heterocycles. The molecule has 10 heteroatoms. The standard InChI is InChI=1S/C24H16ClFN4O3S/c1-14-18(23(25)30(28-14)17-8-6-15(26)7-9-17)10-11-22(32)33-13-16-12-21(31)29-19-4-2-3-5-20(19)34-24(29)27-16/h2-12H,13H2,1H3/b11-10+. The quantitative estimate of drug-likeness (QED) is 0.255. The maximum Gasteiger partial charge on any atom is 0.331 e. The number of fused-ring (bicyclic) bond motifs is 3. The maximum atomic E-state index is 13.2. The minimum atomic E-state index is -0.622. The molecule has 0 saturated heterocycles. The molecule has 2 aromatic carbocycles. The van der Waals surface area contributed by atoms with Crippen molar-refractivity contribution in [2.45, 2.75) is 13.5 Å². The van der Waals surface area contributed by atoms with Gasteiger partial charge in [0.25, 0.3) is 5.56 Å². The number of carbonyl (C=O) groups excluding carboxylic acids is 1. The number of para-hydroxylation sites is 1. The van der Waals surface area contributed by atoms with Crippen molar-refractivity contribution in [1.29, 1.82) is 0 Å².